The van der Waals surface area contributed by atoms with Gasteiger partial charge in [-0.3, -0.25) is 4.79 Å². The van der Waals surface area contributed by atoms with Gasteiger partial charge in [0.1, 0.15) is 13.0 Å². The van der Waals surface area contributed by atoms with E-state index in [1.165, 1.54) is 0 Å². The highest BCUT2D eigenvalue weighted by Gasteiger charge is 1.98. The average Bonchev–Trinajstić information content (AvgIpc) is 2.18. The Kier molecular flexibility index (Phi) is 4.04. The van der Waals surface area contributed by atoms with Gasteiger partial charge in [-0.25, -0.2) is 0 Å². The maximum atomic E-state index is 10.2. The summed E-state index contributed by atoms with van der Waals surface area (Å²) < 4.78 is 5.26. The van der Waals surface area contributed by atoms with E-state index < -0.39 is 5.97 Å². The van der Waals surface area contributed by atoms with Crippen LogP contribution in [0.4, 0.5) is 0 Å². The monoisotopic (exact) mass is 191 g/mol. The molecule has 1 rings (SSSR count). The zero-order valence-corrected chi connectivity index (χ0v) is 8.06. The maximum absolute atomic E-state index is 10.2. The average molecular weight is 191 g/mol. The van der Waals surface area contributed by atoms with Crippen LogP contribution in [0.15, 0.2) is 24.3 Å². The van der Waals surface area contributed by atoms with E-state index in [2.05, 4.69) is 0 Å². The third-order valence-corrected chi connectivity index (χ3v) is 1.78. The zero-order chi connectivity index (χ0) is 10.4. The molecule has 1 N–H and O–H groups in total. The van der Waals surface area contributed by atoms with Crippen LogP contribution >= 0.6 is 0 Å². The fourth-order valence-electron chi connectivity index (χ4n) is 1.04. The van der Waals surface area contributed by atoms with Crippen molar-refractivity contribution >= 4 is 18.7 Å². The molecule has 0 unspecified atom stereocenters. The van der Waals surface area contributed by atoms with Crippen molar-refractivity contribution in [3.05, 3.63) is 24.3 Å². The number of rotatable bonds is 5. The Balaban J connectivity index is 2.46. The zero-order valence-electron chi connectivity index (χ0n) is 8.06. The fraction of sp³-hybridized carbons (Fsp3) is 0.300. The molecule has 14 heavy (non-hydrogen) atoms. The molecule has 1 aromatic rings. The minimum atomic E-state index is -0.844. The third kappa shape index (κ3) is 3.52. The fourth-order valence-corrected chi connectivity index (χ4v) is 1.04. The van der Waals surface area contributed by atoms with Crippen molar-refractivity contribution in [1.29, 1.82) is 0 Å². The number of hydrogen-bond acceptors (Lipinski definition) is 2. The predicted octanol–water partition coefficient (Wildman–Crippen LogP) is 0.918. The lowest BCUT2D eigenvalue weighted by Gasteiger charge is -2.05. The van der Waals surface area contributed by atoms with Crippen LogP contribution in [0.25, 0.3) is 0 Å². The van der Waals surface area contributed by atoms with Gasteiger partial charge in [0.05, 0.1) is 13.0 Å². The first kappa shape index (κ1) is 10.6. The molecule has 4 heteroatoms. The summed E-state index contributed by atoms with van der Waals surface area (Å²) in [5, 5.41) is 8.41. The van der Waals surface area contributed by atoms with Crippen LogP contribution in [0.5, 0.6) is 5.75 Å². The molecule has 73 valence electrons. The van der Waals surface area contributed by atoms with E-state index in [1.807, 2.05) is 38.4 Å². The molecular weight excluding hydrogens is 179 g/mol. The first-order valence-electron chi connectivity index (χ1n) is 4.46. The molecule has 0 fully saturated rings. The summed E-state index contributed by atoms with van der Waals surface area (Å²) in [6.07, 6.45) is 0.0278. The molecule has 0 aliphatic rings. The molecule has 0 amide bonds. The second-order valence-corrected chi connectivity index (χ2v) is 2.85. The maximum Gasteiger partial charge on any atom is 0.306 e. The highest BCUT2D eigenvalue weighted by molar-refractivity contribution is 6.51. The summed E-state index contributed by atoms with van der Waals surface area (Å²) in [4.78, 5) is 10.2. The minimum absolute atomic E-state index is 0.0278. The van der Waals surface area contributed by atoms with E-state index in [0.29, 0.717) is 5.75 Å². The lowest BCUT2D eigenvalue weighted by atomic mass is 9.73. The molecule has 0 aromatic heterocycles. The Morgan fingerprint density at radius 1 is 1.57 bits per heavy atom. The van der Waals surface area contributed by atoms with Crippen molar-refractivity contribution in [3.8, 4) is 5.75 Å². The minimum Gasteiger partial charge on any atom is -0.493 e. The van der Waals surface area contributed by atoms with E-state index in [0.717, 1.165) is 5.46 Å². The highest BCUT2D eigenvalue weighted by atomic mass is 16.5. The Labute approximate surface area is 83.9 Å². The summed E-state index contributed by atoms with van der Waals surface area (Å²) in [5.74, 6) is -0.134. The molecule has 0 spiro atoms. The number of carboxylic acids is 1. The normalized spacial score (nSPS) is 9.50. The van der Waals surface area contributed by atoms with Gasteiger partial charge in [0, 0.05) is 0 Å². The number of aliphatic carboxylic acids is 1. The summed E-state index contributed by atoms with van der Waals surface area (Å²) in [6, 6.07) is 7.53. The van der Waals surface area contributed by atoms with Gasteiger partial charge in [0.15, 0.2) is 0 Å². The quantitative estimate of drug-likeness (QED) is 0.703. The summed E-state index contributed by atoms with van der Waals surface area (Å²) in [5.41, 5.74) is 1.07. The van der Waals surface area contributed by atoms with Crippen molar-refractivity contribution < 1.29 is 14.6 Å². The van der Waals surface area contributed by atoms with Crippen LogP contribution in [-0.2, 0) is 4.79 Å². The molecule has 3 nitrogen and oxygen atoms in total. The number of carboxylic acid groups (broad SMARTS) is 1. The summed E-state index contributed by atoms with van der Waals surface area (Å²) >= 11 is 0. The van der Waals surface area contributed by atoms with Crippen LogP contribution in [0, 0.1) is 0 Å². The van der Waals surface area contributed by atoms with Crippen LogP contribution in [-0.4, -0.2) is 25.0 Å². The molecule has 0 saturated carbocycles. The van der Waals surface area contributed by atoms with E-state index in [9.17, 15) is 4.79 Å². The summed E-state index contributed by atoms with van der Waals surface area (Å²) in [7, 11) is 1.96. The molecule has 0 aliphatic heterocycles. The van der Waals surface area contributed by atoms with Crippen molar-refractivity contribution in [2.45, 2.75) is 13.2 Å². The van der Waals surface area contributed by atoms with E-state index in [4.69, 9.17) is 9.84 Å². The molecule has 0 aliphatic carbocycles. The standard InChI is InChI=1S/C10H12BO3/c1-11-8-3-2-4-9(7-8)14-6-5-10(12)13/h2-4,7H,5-6H2,1H3,(H,12,13). The number of ether oxygens (including phenoxy) is 1. The lowest BCUT2D eigenvalue weighted by Crippen LogP contribution is -2.11. The topological polar surface area (TPSA) is 46.5 Å². The Morgan fingerprint density at radius 2 is 2.36 bits per heavy atom. The predicted molar refractivity (Wildman–Crippen MR) is 55.4 cm³/mol. The largest absolute Gasteiger partial charge is 0.493 e. The van der Waals surface area contributed by atoms with Gasteiger partial charge in [0.2, 0.25) is 0 Å². The van der Waals surface area contributed by atoms with Crippen molar-refractivity contribution in [3.63, 3.8) is 0 Å². The van der Waals surface area contributed by atoms with Crippen LogP contribution in [0.2, 0.25) is 6.82 Å². The first-order chi connectivity index (χ1) is 6.72. The first-order valence-corrected chi connectivity index (χ1v) is 4.46. The van der Waals surface area contributed by atoms with Gasteiger partial charge in [0.25, 0.3) is 0 Å². The second kappa shape index (κ2) is 5.32. The van der Waals surface area contributed by atoms with Crippen molar-refractivity contribution in [2.75, 3.05) is 6.61 Å². The van der Waals surface area contributed by atoms with Gasteiger partial charge in [-0.1, -0.05) is 24.4 Å². The third-order valence-electron chi connectivity index (χ3n) is 1.78. The number of carbonyl (C=O) groups is 1. The highest BCUT2D eigenvalue weighted by Crippen LogP contribution is 2.07. The molecule has 1 aromatic carbocycles. The Bertz CT molecular complexity index is 312. The molecule has 0 bridgehead atoms. The lowest BCUT2D eigenvalue weighted by molar-refractivity contribution is -0.137. The van der Waals surface area contributed by atoms with Crippen molar-refractivity contribution in [1.82, 2.24) is 0 Å². The van der Waals surface area contributed by atoms with E-state index >= 15 is 0 Å². The van der Waals surface area contributed by atoms with E-state index in [1.54, 1.807) is 0 Å². The van der Waals surface area contributed by atoms with Crippen LogP contribution in [0.3, 0.4) is 0 Å². The van der Waals surface area contributed by atoms with Gasteiger partial charge < -0.3 is 9.84 Å². The van der Waals surface area contributed by atoms with Crippen LogP contribution in [0.1, 0.15) is 6.42 Å². The smallest absolute Gasteiger partial charge is 0.306 e. The molecule has 0 atom stereocenters. The summed E-state index contributed by atoms with van der Waals surface area (Å²) in [6.45, 7) is 2.15. The second-order valence-electron chi connectivity index (χ2n) is 2.85. The molecular formula is C10H12BO3. The molecule has 0 saturated heterocycles. The molecule has 0 heterocycles. The molecule has 1 radical (unpaired) electrons. The van der Waals surface area contributed by atoms with Gasteiger partial charge in [-0.15, -0.1) is 0 Å². The number of benzene rings is 1. The Hall–Kier alpha value is -1.45. The van der Waals surface area contributed by atoms with Gasteiger partial charge >= 0.3 is 5.97 Å². The van der Waals surface area contributed by atoms with Gasteiger partial charge in [-0.05, 0) is 12.1 Å². The van der Waals surface area contributed by atoms with E-state index in [-0.39, 0.29) is 13.0 Å². The van der Waals surface area contributed by atoms with Gasteiger partial charge in [-0.2, -0.15) is 0 Å². The van der Waals surface area contributed by atoms with Crippen molar-refractivity contribution in [2.24, 2.45) is 0 Å². The Morgan fingerprint density at radius 3 is 3.00 bits per heavy atom. The SMILES string of the molecule is C[B]c1cccc(OCCC(=O)O)c1. The van der Waals surface area contributed by atoms with Crippen LogP contribution < -0.4 is 10.2 Å². The number of hydrogen-bond donors (Lipinski definition) is 1.